The first-order valence-corrected chi connectivity index (χ1v) is 4.90. The summed E-state index contributed by atoms with van der Waals surface area (Å²) in [5.74, 6) is -2.46. The molecule has 0 saturated heterocycles. The van der Waals surface area contributed by atoms with Crippen LogP contribution in [0.2, 0.25) is 0 Å². The van der Waals surface area contributed by atoms with Gasteiger partial charge in [-0.1, -0.05) is 0 Å². The van der Waals surface area contributed by atoms with Gasteiger partial charge in [0.15, 0.2) is 0 Å². The summed E-state index contributed by atoms with van der Waals surface area (Å²) in [6, 6.07) is 0. The first kappa shape index (κ1) is 8.17. The molecule has 66 valence electrons. The zero-order chi connectivity index (χ0) is 8.77. The fraction of sp³-hybridized carbons (Fsp3) is 0.556. The lowest BCUT2D eigenvalue weighted by Crippen LogP contribution is -2.25. The van der Waals surface area contributed by atoms with E-state index in [1.807, 2.05) is 12.3 Å². The fourth-order valence-corrected chi connectivity index (χ4v) is 2.61. The SMILES string of the molecule is Cc1scc2c1CCC(F)(F)C2. The molecule has 3 heteroatoms. The van der Waals surface area contributed by atoms with E-state index in [4.69, 9.17) is 0 Å². The molecular weight excluding hydrogens is 178 g/mol. The average Bonchev–Trinajstić information content (AvgIpc) is 2.30. The van der Waals surface area contributed by atoms with Crippen molar-refractivity contribution in [2.24, 2.45) is 0 Å². The minimum Gasteiger partial charge on any atom is -0.207 e. The Kier molecular flexibility index (Phi) is 1.72. The highest BCUT2D eigenvalue weighted by atomic mass is 32.1. The lowest BCUT2D eigenvalue weighted by atomic mass is 9.91. The standard InChI is InChI=1S/C9H10F2S/c1-6-8-2-3-9(10,11)4-7(8)5-12-6/h5H,2-4H2,1H3. The van der Waals surface area contributed by atoms with Gasteiger partial charge in [-0.2, -0.15) is 0 Å². The number of fused-ring (bicyclic) bond motifs is 1. The molecule has 0 atom stereocenters. The van der Waals surface area contributed by atoms with E-state index in [1.165, 1.54) is 10.4 Å². The van der Waals surface area contributed by atoms with Crippen molar-refractivity contribution in [1.82, 2.24) is 0 Å². The summed E-state index contributed by atoms with van der Waals surface area (Å²) in [6.07, 6.45) is 0.530. The number of rotatable bonds is 0. The predicted molar refractivity (Wildman–Crippen MR) is 46.0 cm³/mol. The number of halogens is 2. The third kappa shape index (κ3) is 1.26. The Morgan fingerprint density at radius 3 is 3.00 bits per heavy atom. The van der Waals surface area contributed by atoms with Crippen molar-refractivity contribution in [3.8, 4) is 0 Å². The molecule has 1 aromatic heterocycles. The first-order valence-electron chi connectivity index (χ1n) is 4.02. The Bertz CT molecular complexity index is 301. The molecule has 0 radical (unpaired) electrons. The van der Waals surface area contributed by atoms with E-state index in [2.05, 4.69) is 0 Å². The van der Waals surface area contributed by atoms with Crippen LogP contribution in [0.4, 0.5) is 8.78 Å². The molecule has 0 N–H and O–H groups in total. The van der Waals surface area contributed by atoms with Crippen molar-refractivity contribution in [3.63, 3.8) is 0 Å². The van der Waals surface area contributed by atoms with Crippen molar-refractivity contribution in [2.45, 2.75) is 32.1 Å². The molecule has 0 aromatic carbocycles. The maximum atomic E-state index is 12.9. The second kappa shape index (κ2) is 2.52. The molecule has 0 aliphatic heterocycles. The van der Waals surface area contributed by atoms with Crippen LogP contribution in [-0.4, -0.2) is 5.92 Å². The van der Waals surface area contributed by atoms with Gasteiger partial charge in [0, 0.05) is 17.7 Å². The first-order chi connectivity index (χ1) is 5.58. The Labute approximate surface area is 74.2 Å². The van der Waals surface area contributed by atoms with Gasteiger partial charge in [0.2, 0.25) is 0 Å². The molecular formula is C9H10F2S. The summed E-state index contributed by atoms with van der Waals surface area (Å²) in [6.45, 7) is 2.01. The summed E-state index contributed by atoms with van der Waals surface area (Å²) in [7, 11) is 0. The molecule has 0 unspecified atom stereocenters. The summed E-state index contributed by atoms with van der Waals surface area (Å²) in [4.78, 5) is 1.21. The third-order valence-corrected chi connectivity index (χ3v) is 3.38. The van der Waals surface area contributed by atoms with Crippen LogP contribution in [-0.2, 0) is 12.8 Å². The normalized spacial score (nSPS) is 20.6. The Hall–Kier alpha value is -0.440. The Morgan fingerprint density at radius 2 is 2.25 bits per heavy atom. The number of hydrogen-bond acceptors (Lipinski definition) is 1. The van der Waals surface area contributed by atoms with Crippen molar-refractivity contribution in [3.05, 3.63) is 21.4 Å². The van der Waals surface area contributed by atoms with Crippen molar-refractivity contribution >= 4 is 11.3 Å². The molecule has 1 aliphatic rings. The summed E-state index contributed by atoms with van der Waals surface area (Å²) >= 11 is 1.59. The highest BCUT2D eigenvalue weighted by Crippen LogP contribution is 2.36. The van der Waals surface area contributed by atoms with Crippen LogP contribution < -0.4 is 0 Å². The zero-order valence-electron chi connectivity index (χ0n) is 6.86. The summed E-state index contributed by atoms with van der Waals surface area (Å²) < 4.78 is 25.8. The van der Waals surface area contributed by atoms with Gasteiger partial charge in [0.05, 0.1) is 0 Å². The quantitative estimate of drug-likeness (QED) is 0.586. The van der Waals surface area contributed by atoms with Gasteiger partial charge >= 0.3 is 0 Å². The van der Waals surface area contributed by atoms with Crippen LogP contribution in [0.15, 0.2) is 5.38 Å². The molecule has 12 heavy (non-hydrogen) atoms. The van der Waals surface area contributed by atoms with Gasteiger partial charge in [-0.25, -0.2) is 8.78 Å². The summed E-state index contributed by atoms with van der Waals surface area (Å²) in [5, 5.41) is 1.87. The molecule has 0 amide bonds. The second-order valence-electron chi connectivity index (χ2n) is 3.33. The lowest BCUT2D eigenvalue weighted by Gasteiger charge is -2.22. The molecule has 0 fully saturated rings. The topological polar surface area (TPSA) is 0 Å². The van der Waals surface area contributed by atoms with E-state index in [-0.39, 0.29) is 12.8 Å². The fourth-order valence-electron chi connectivity index (χ4n) is 1.69. The van der Waals surface area contributed by atoms with Crippen molar-refractivity contribution in [1.29, 1.82) is 0 Å². The Balaban J connectivity index is 2.37. The number of hydrogen-bond donors (Lipinski definition) is 0. The second-order valence-corrected chi connectivity index (χ2v) is 4.41. The lowest BCUT2D eigenvalue weighted by molar-refractivity contribution is -0.0120. The third-order valence-electron chi connectivity index (χ3n) is 2.38. The monoisotopic (exact) mass is 188 g/mol. The molecule has 0 saturated carbocycles. The van der Waals surface area contributed by atoms with Gasteiger partial charge in [-0.05, 0) is 29.9 Å². The highest BCUT2D eigenvalue weighted by Gasteiger charge is 2.34. The summed E-state index contributed by atoms with van der Waals surface area (Å²) in [5.41, 5.74) is 2.04. The molecule has 2 rings (SSSR count). The maximum Gasteiger partial charge on any atom is 0.252 e. The van der Waals surface area contributed by atoms with E-state index in [9.17, 15) is 8.78 Å². The number of aryl methyl sites for hydroxylation is 1. The van der Waals surface area contributed by atoms with Crippen molar-refractivity contribution < 1.29 is 8.78 Å². The largest absolute Gasteiger partial charge is 0.252 e. The van der Waals surface area contributed by atoms with Crippen LogP contribution in [0.3, 0.4) is 0 Å². The van der Waals surface area contributed by atoms with Crippen LogP contribution in [0.1, 0.15) is 22.4 Å². The molecule has 0 nitrogen and oxygen atoms in total. The zero-order valence-corrected chi connectivity index (χ0v) is 7.68. The van der Waals surface area contributed by atoms with E-state index < -0.39 is 5.92 Å². The average molecular weight is 188 g/mol. The van der Waals surface area contributed by atoms with Crippen LogP contribution >= 0.6 is 11.3 Å². The van der Waals surface area contributed by atoms with E-state index in [0.29, 0.717) is 6.42 Å². The van der Waals surface area contributed by atoms with Crippen LogP contribution in [0, 0.1) is 6.92 Å². The van der Waals surface area contributed by atoms with E-state index in [0.717, 1.165) is 5.56 Å². The highest BCUT2D eigenvalue weighted by molar-refractivity contribution is 7.10. The molecule has 0 spiro atoms. The molecule has 0 bridgehead atoms. The molecule has 1 aliphatic carbocycles. The van der Waals surface area contributed by atoms with Gasteiger partial charge in [0.1, 0.15) is 0 Å². The predicted octanol–water partition coefficient (Wildman–Crippen LogP) is 3.18. The molecule has 1 heterocycles. The van der Waals surface area contributed by atoms with Crippen molar-refractivity contribution in [2.75, 3.05) is 0 Å². The van der Waals surface area contributed by atoms with E-state index in [1.54, 1.807) is 11.3 Å². The van der Waals surface area contributed by atoms with Gasteiger partial charge in [-0.3, -0.25) is 0 Å². The maximum absolute atomic E-state index is 12.9. The Morgan fingerprint density at radius 1 is 1.50 bits per heavy atom. The minimum absolute atomic E-state index is 0.0254. The van der Waals surface area contributed by atoms with E-state index >= 15 is 0 Å². The van der Waals surface area contributed by atoms with Crippen LogP contribution in [0.25, 0.3) is 0 Å². The number of thiophene rings is 1. The number of alkyl halides is 2. The van der Waals surface area contributed by atoms with Gasteiger partial charge in [0.25, 0.3) is 5.92 Å². The van der Waals surface area contributed by atoms with Gasteiger partial charge in [-0.15, -0.1) is 11.3 Å². The molecule has 1 aromatic rings. The van der Waals surface area contributed by atoms with Gasteiger partial charge < -0.3 is 0 Å². The van der Waals surface area contributed by atoms with Crippen LogP contribution in [0.5, 0.6) is 0 Å². The smallest absolute Gasteiger partial charge is 0.207 e. The minimum atomic E-state index is -2.46.